The first-order chi connectivity index (χ1) is 6.17. The van der Waals surface area contributed by atoms with E-state index in [1.54, 1.807) is 4.31 Å². The van der Waals surface area contributed by atoms with Crippen molar-refractivity contribution >= 4 is 10.0 Å². The lowest BCUT2D eigenvalue weighted by atomic mass is 10.4. The molecule has 1 aliphatic heterocycles. The molecule has 0 unspecified atom stereocenters. The predicted octanol–water partition coefficient (Wildman–Crippen LogP) is 0.0215. The lowest BCUT2D eigenvalue weighted by Gasteiger charge is -2.13. The highest BCUT2D eigenvalue weighted by atomic mass is 32.2. The number of nitrogens with zero attached hydrogens (tertiary/aromatic N) is 1. The summed E-state index contributed by atoms with van der Waals surface area (Å²) in [5, 5.41) is 3.19. The summed E-state index contributed by atoms with van der Waals surface area (Å²) in [6, 6.07) is 0. The SMILES string of the molecule is CCCNCCN1CCCS1(=O)=O. The number of hydrogen-bond acceptors (Lipinski definition) is 3. The highest BCUT2D eigenvalue weighted by Crippen LogP contribution is 2.11. The molecule has 4 nitrogen and oxygen atoms in total. The van der Waals surface area contributed by atoms with Crippen LogP contribution in [0.1, 0.15) is 19.8 Å². The van der Waals surface area contributed by atoms with E-state index >= 15 is 0 Å². The van der Waals surface area contributed by atoms with Gasteiger partial charge in [-0.25, -0.2) is 12.7 Å². The summed E-state index contributed by atoms with van der Waals surface area (Å²) in [7, 11) is -2.88. The predicted molar refractivity (Wildman–Crippen MR) is 53.1 cm³/mol. The summed E-state index contributed by atoms with van der Waals surface area (Å²) in [5.74, 6) is 0.334. The zero-order valence-electron chi connectivity index (χ0n) is 8.12. The molecular weight excluding hydrogens is 188 g/mol. The van der Waals surface area contributed by atoms with Crippen molar-refractivity contribution in [3.63, 3.8) is 0 Å². The Balaban J connectivity index is 2.22. The van der Waals surface area contributed by atoms with E-state index in [1.807, 2.05) is 0 Å². The fourth-order valence-corrected chi connectivity index (χ4v) is 2.98. The van der Waals surface area contributed by atoms with E-state index in [-0.39, 0.29) is 0 Å². The maximum Gasteiger partial charge on any atom is 0.214 e. The van der Waals surface area contributed by atoms with Gasteiger partial charge in [-0.15, -0.1) is 0 Å². The van der Waals surface area contributed by atoms with E-state index in [4.69, 9.17) is 0 Å². The van der Waals surface area contributed by atoms with Gasteiger partial charge in [0.15, 0.2) is 0 Å². The van der Waals surface area contributed by atoms with Gasteiger partial charge in [-0.2, -0.15) is 0 Å². The highest BCUT2D eigenvalue weighted by Gasteiger charge is 2.27. The van der Waals surface area contributed by atoms with Gasteiger partial charge in [0.05, 0.1) is 5.75 Å². The second kappa shape index (κ2) is 4.93. The summed E-state index contributed by atoms with van der Waals surface area (Å²) in [4.78, 5) is 0. The van der Waals surface area contributed by atoms with Gasteiger partial charge in [0.2, 0.25) is 10.0 Å². The molecule has 1 fully saturated rings. The average Bonchev–Trinajstić information content (AvgIpc) is 2.40. The molecule has 0 bridgehead atoms. The molecule has 5 heteroatoms. The molecule has 13 heavy (non-hydrogen) atoms. The third-order valence-corrected chi connectivity index (χ3v) is 4.12. The van der Waals surface area contributed by atoms with Crippen LogP contribution >= 0.6 is 0 Å². The molecule has 0 spiro atoms. The molecule has 0 aromatic carbocycles. The van der Waals surface area contributed by atoms with Gasteiger partial charge < -0.3 is 5.32 Å². The van der Waals surface area contributed by atoms with Crippen LogP contribution in [0.2, 0.25) is 0 Å². The second-order valence-electron chi connectivity index (χ2n) is 3.32. The lowest BCUT2D eigenvalue weighted by Crippen LogP contribution is -2.33. The van der Waals surface area contributed by atoms with Crippen LogP contribution in [0, 0.1) is 0 Å². The molecule has 78 valence electrons. The van der Waals surface area contributed by atoms with Gasteiger partial charge in [-0.3, -0.25) is 0 Å². The molecule has 1 rings (SSSR count). The van der Waals surface area contributed by atoms with Gasteiger partial charge in [-0.1, -0.05) is 6.92 Å². The van der Waals surface area contributed by atoms with Gasteiger partial charge in [0.1, 0.15) is 0 Å². The number of nitrogens with one attached hydrogen (secondary N) is 1. The largest absolute Gasteiger partial charge is 0.315 e. The van der Waals surface area contributed by atoms with Gasteiger partial charge in [0, 0.05) is 19.6 Å². The van der Waals surface area contributed by atoms with Crippen LogP contribution in [-0.2, 0) is 10.0 Å². The Morgan fingerprint density at radius 1 is 1.38 bits per heavy atom. The van der Waals surface area contributed by atoms with E-state index < -0.39 is 10.0 Å². The molecule has 0 aliphatic carbocycles. The van der Waals surface area contributed by atoms with Crippen molar-refractivity contribution in [1.82, 2.24) is 9.62 Å². The first kappa shape index (κ1) is 10.9. The Labute approximate surface area is 80.4 Å². The third kappa shape index (κ3) is 3.25. The van der Waals surface area contributed by atoms with Crippen molar-refractivity contribution in [2.24, 2.45) is 0 Å². The molecule has 1 N–H and O–H groups in total. The van der Waals surface area contributed by atoms with E-state index in [0.29, 0.717) is 18.8 Å². The Hall–Kier alpha value is -0.130. The standard InChI is InChI=1S/C8H18N2O2S/c1-2-4-9-5-7-10-6-3-8-13(10,11)12/h9H,2-8H2,1H3. The monoisotopic (exact) mass is 206 g/mol. The van der Waals surface area contributed by atoms with Crippen LogP contribution in [0.25, 0.3) is 0 Å². The molecule has 0 atom stereocenters. The maximum atomic E-state index is 11.3. The minimum atomic E-state index is -2.88. The van der Waals surface area contributed by atoms with Crippen molar-refractivity contribution in [1.29, 1.82) is 0 Å². The molecule has 1 saturated heterocycles. The zero-order chi connectivity index (χ0) is 9.73. The van der Waals surface area contributed by atoms with E-state index in [2.05, 4.69) is 12.2 Å². The fourth-order valence-electron chi connectivity index (χ4n) is 1.45. The maximum absolute atomic E-state index is 11.3. The molecule has 0 amide bonds. The van der Waals surface area contributed by atoms with Crippen LogP contribution in [0.3, 0.4) is 0 Å². The van der Waals surface area contributed by atoms with E-state index in [0.717, 1.165) is 25.9 Å². The summed E-state index contributed by atoms with van der Waals surface area (Å²) in [6.07, 6.45) is 1.88. The molecular formula is C8H18N2O2S. The molecule has 0 aromatic heterocycles. The molecule has 1 aliphatic rings. The van der Waals surface area contributed by atoms with Gasteiger partial charge >= 0.3 is 0 Å². The van der Waals surface area contributed by atoms with Crippen molar-refractivity contribution in [2.75, 3.05) is 31.9 Å². The van der Waals surface area contributed by atoms with E-state index in [9.17, 15) is 8.42 Å². The number of sulfonamides is 1. The van der Waals surface area contributed by atoms with Crippen LogP contribution < -0.4 is 5.32 Å². The Kier molecular flexibility index (Phi) is 4.15. The van der Waals surface area contributed by atoms with Crippen molar-refractivity contribution < 1.29 is 8.42 Å². The Morgan fingerprint density at radius 2 is 2.15 bits per heavy atom. The first-order valence-corrected chi connectivity index (χ1v) is 6.46. The number of hydrogen-bond donors (Lipinski definition) is 1. The topological polar surface area (TPSA) is 49.4 Å². The smallest absolute Gasteiger partial charge is 0.214 e. The van der Waals surface area contributed by atoms with Crippen LogP contribution in [0.15, 0.2) is 0 Å². The first-order valence-electron chi connectivity index (χ1n) is 4.85. The van der Waals surface area contributed by atoms with Crippen molar-refractivity contribution in [2.45, 2.75) is 19.8 Å². The van der Waals surface area contributed by atoms with E-state index in [1.165, 1.54) is 0 Å². The minimum Gasteiger partial charge on any atom is -0.315 e. The summed E-state index contributed by atoms with van der Waals surface area (Å²) in [6.45, 7) is 5.17. The molecule has 0 aromatic rings. The summed E-state index contributed by atoms with van der Waals surface area (Å²) >= 11 is 0. The Morgan fingerprint density at radius 3 is 2.69 bits per heavy atom. The molecule has 0 saturated carbocycles. The summed E-state index contributed by atoms with van der Waals surface area (Å²) < 4.78 is 24.2. The number of rotatable bonds is 5. The van der Waals surface area contributed by atoms with Crippen LogP contribution in [0.5, 0.6) is 0 Å². The van der Waals surface area contributed by atoms with Crippen LogP contribution in [0.4, 0.5) is 0 Å². The Bertz CT molecular complexity index is 239. The fraction of sp³-hybridized carbons (Fsp3) is 1.00. The second-order valence-corrected chi connectivity index (χ2v) is 5.41. The summed E-state index contributed by atoms with van der Waals surface area (Å²) in [5.41, 5.74) is 0. The van der Waals surface area contributed by atoms with Gasteiger partial charge in [-0.05, 0) is 19.4 Å². The van der Waals surface area contributed by atoms with Crippen molar-refractivity contribution in [3.8, 4) is 0 Å². The average molecular weight is 206 g/mol. The highest BCUT2D eigenvalue weighted by molar-refractivity contribution is 7.89. The quantitative estimate of drug-likeness (QED) is 0.645. The minimum absolute atomic E-state index is 0.334. The molecule has 1 heterocycles. The molecule has 0 radical (unpaired) electrons. The third-order valence-electron chi connectivity index (χ3n) is 2.17. The zero-order valence-corrected chi connectivity index (χ0v) is 8.94. The normalized spacial score (nSPS) is 22.2. The van der Waals surface area contributed by atoms with Gasteiger partial charge in [0.25, 0.3) is 0 Å². The van der Waals surface area contributed by atoms with Crippen molar-refractivity contribution in [3.05, 3.63) is 0 Å². The van der Waals surface area contributed by atoms with Crippen LogP contribution in [-0.4, -0.2) is 44.7 Å². The lowest BCUT2D eigenvalue weighted by molar-refractivity contribution is 0.434.